The first-order valence-electron chi connectivity index (χ1n) is 15.2. The van der Waals surface area contributed by atoms with Gasteiger partial charge in [-0.1, -0.05) is 41.4 Å². The number of aryl methyl sites for hydroxylation is 1. The Morgan fingerprint density at radius 1 is 1.04 bits per heavy atom. The van der Waals surface area contributed by atoms with Crippen LogP contribution in [0.1, 0.15) is 62.8 Å². The van der Waals surface area contributed by atoms with Crippen LogP contribution in [0.25, 0.3) is 0 Å². The highest BCUT2D eigenvalue weighted by Crippen LogP contribution is 2.38. The number of hydrogen-bond acceptors (Lipinski definition) is 9. The van der Waals surface area contributed by atoms with Gasteiger partial charge in [0.2, 0.25) is 10.0 Å². The van der Waals surface area contributed by atoms with Gasteiger partial charge in [-0.3, -0.25) is 4.79 Å². The summed E-state index contributed by atoms with van der Waals surface area (Å²) in [5.41, 5.74) is 0.448. The molecule has 1 saturated carbocycles. The van der Waals surface area contributed by atoms with Gasteiger partial charge in [-0.2, -0.15) is 17.8 Å². The first-order valence-corrected chi connectivity index (χ1v) is 17.8. The average molecular weight is 746 g/mol. The number of nitrogens with zero attached hydrogens (tertiary/aromatic N) is 2. The monoisotopic (exact) mass is 744 g/mol. The molecule has 0 N–H and O–H groups in total. The Morgan fingerprint density at radius 2 is 1.67 bits per heavy atom. The Labute approximate surface area is 293 Å². The second kappa shape index (κ2) is 15.8. The maximum Gasteiger partial charge on any atom is 0.428 e. The van der Waals surface area contributed by atoms with E-state index in [-0.39, 0.29) is 46.5 Å². The average Bonchev–Trinajstić information content (AvgIpc) is 3.80. The van der Waals surface area contributed by atoms with Crippen molar-refractivity contribution >= 4 is 51.0 Å². The molecular formula is C33H36Cl2F2N2O9S. The quantitative estimate of drug-likeness (QED) is 0.0956. The molecule has 1 aliphatic carbocycles. The molecule has 4 rings (SSSR count). The Hall–Kier alpha value is -3.88. The number of carbonyl (C=O) groups is 2. The molecular weight excluding hydrogens is 709 g/mol. The first kappa shape index (κ1) is 37.9. The fourth-order valence-electron chi connectivity index (χ4n) is 4.66. The molecule has 0 spiro atoms. The van der Waals surface area contributed by atoms with E-state index < -0.39 is 40.4 Å². The van der Waals surface area contributed by atoms with Crippen LogP contribution < -0.4 is 18.5 Å². The molecule has 2 aromatic carbocycles. The van der Waals surface area contributed by atoms with E-state index in [1.807, 2.05) is 0 Å². The van der Waals surface area contributed by atoms with Crippen LogP contribution >= 0.6 is 23.2 Å². The van der Waals surface area contributed by atoms with E-state index in [1.54, 1.807) is 32.9 Å². The molecule has 0 bridgehead atoms. The maximum absolute atomic E-state index is 13.2. The number of aromatic nitrogens is 1. The van der Waals surface area contributed by atoms with Crippen LogP contribution in [-0.4, -0.2) is 45.6 Å². The maximum atomic E-state index is 13.2. The summed E-state index contributed by atoms with van der Waals surface area (Å²) in [7, 11) is -4.03. The number of amides is 1. The fourth-order valence-corrected chi connectivity index (χ4v) is 6.07. The van der Waals surface area contributed by atoms with Crippen molar-refractivity contribution in [2.45, 2.75) is 71.2 Å². The predicted molar refractivity (Wildman–Crippen MR) is 178 cm³/mol. The SMILES string of the molecule is CC(C)(C)OC(=O)N(c1ccc(CCC(=O)O[C@@H](Cc2c(Cl)c[n+]([O-])cc2Cl)c2ccc(OC(F)F)c(OCC3CC3)c2)cc1)S(C)(=O)=O. The molecule has 0 aliphatic heterocycles. The van der Waals surface area contributed by atoms with Crippen LogP contribution in [0.3, 0.4) is 0 Å². The normalized spacial score (nSPS) is 13.9. The van der Waals surface area contributed by atoms with E-state index in [0.717, 1.165) is 31.5 Å². The van der Waals surface area contributed by atoms with Gasteiger partial charge < -0.3 is 24.2 Å². The lowest BCUT2D eigenvalue weighted by Crippen LogP contribution is -2.40. The highest BCUT2D eigenvalue weighted by atomic mass is 35.5. The highest BCUT2D eigenvalue weighted by molar-refractivity contribution is 7.92. The topological polar surface area (TPSA) is 135 Å². The van der Waals surface area contributed by atoms with Gasteiger partial charge in [-0.05, 0) is 81.3 Å². The largest absolute Gasteiger partial charge is 0.619 e. The van der Waals surface area contributed by atoms with Crippen molar-refractivity contribution in [3.63, 3.8) is 0 Å². The molecule has 0 unspecified atom stereocenters. The minimum Gasteiger partial charge on any atom is -0.619 e. The third-order valence-corrected chi connectivity index (χ3v) is 8.80. The van der Waals surface area contributed by atoms with Crippen LogP contribution in [0.4, 0.5) is 19.3 Å². The number of benzene rings is 2. The minimum absolute atomic E-state index is 0.0287. The number of halogens is 4. The summed E-state index contributed by atoms with van der Waals surface area (Å²) in [4.78, 5) is 25.9. The van der Waals surface area contributed by atoms with Crippen molar-refractivity contribution in [3.05, 3.63) is 86.8 Å². The highest BCUT2D eigenvalue weighted by Gasteiger charge is 2.31. The van der Waals surface area contributed by atoms with E-state index in [0.29, 0.717) is 38.3 Å². The van der Waals surface area contributed by atoms with E-state index in [2.05, 4.69) is 4.74 Å². The molecule has 1 amide bonds. The van der Waals surface area contributed by atoms with Crippen LogP contribution in [0.5, 0.6) is 11.5 Å². The molecule has 1 atom stereocenters. The van der Waals surface area contributed by atoms with Gasteiger partial charge in [0, 0.05) is 18.4 Å². The number of anilines is 1. The van der Waals surface area contributed by atoms with Gasteiger partial charge in [0.05, 0.1) is 18.6 Å². The van der Waals surface area contributed by atoms with Crippen molar-refractivity contribution in [2.75, 3.05) is 17.2 Å². The van der Waals surface area contributed by atoms with Crippen molar-refractivity contribution in [1.29, 1.82) is 0 Å². The van der Waals surface area contributed by atoms with Gasteiger partial charge in [0.1, 0.15) is 21.8 Å². The second-order valence-corrected chi connectivity index (χ2v) is 15.1. The van der Waals surface area contributed by atoms with Crippen molar-refractivity contribution < 1.29 is 50.5 Å². The van der Waals surface area contributed by atoms with Gasteiger partial charge in [-0.15, -0.1) is 0 Å². The molecule has 16 heteroatoms. The summed E-state index contributed by atoms with van der Waals surface area (Å²) < 4.78 is 73.6. The Kier molecular flexibility index (Phi) is 12.2. The van der Waals surface area contributed by atoms with Crippen LogP contribution in [-0.2, 0) is 37.1 Å². The minimum atomic E-state index is -4.03. The summed E-state index contributed by atoms with van der Waals surface area (Å²) >= 11 is 12.6. The Morgan fingerprint density at radius 3 is 2.22 bits per heavy atom. The number of ether oxygens (including phenoxy) is 4. The fraction of sp³-hybridized carbons (Fsp3) is 0.424. The third-order valence-electron chi connectivity index (χ3n) is 7.13. The number of esters is 1. The zero-order valence-electron chi connectivity index (χ0n) is 27.2. The van der Waals surface area contributed by atoms with E-state index >= 15 is 0 Å². The summed E-state index contributed by atoms with van der Waals surface area (Å²) in [5.74, 6) is -0.477. The number of rotatable bonds is 14. The number of alkyl halides is 2. The third kappa shape index (κ3) is 11.3. The Bertz CT molecular complexity index is 1740. The van der Waals surface area contributed by atoms with Crippen LogP contribution in [0.15, 0.2) is 54.9 Å². The molecule has 3 aromatic rings. The molecule has 0 saturated heterocycles. The number of hydrogen-bond donors (Lipinski definition) is 0. The number of pyridine rings is 1. The predicted octanol–water partition coefficient (Wildman–Crippen LogP) is 7.18. The summed E-state index contributed by atoms with van der Waals surface area (Å²) in [6.45, 7) is 2.04. The summed E-state index contributed by atoms with van der Waals surface area (Å²) in [5, 5.41) is 11.9. The molecule has 11 nitrogen and oxygen atoms in total. The van der Waals surface area contributed by atoms with Crippen molar-refractivity contribution in [1.82, 2.24) is 0 Å². The van der Waals surface area contributed by atoms with E-state index in [9.17, 15) is 32.0 Å². The molecule has 49 heavy (non-hydrogen) atoms. The number of carbonyl (C=O) groups excluding carboxylic acids is 2. The van der Waals surface area contributed by atoms with Gasteiger partial charge in [-0.25, -0.2) is 13.2 Å². The molecule has 1 aromatic heterocycles. The van der Waals surface area contributed by atoms with Crippen LogP contribution in [0.2, 0.25) is 10.0 Å². The second-order valence-electron chi connectivity index (χ2n) is 12.5. The number of sulfonamides is 1. The van der Waals surface area contributed by atoms with Gasteiger partial charge >= 0.3 is 18.7 Å². The van der Waals surface area contributed by atoms with Crippen LogP contribution in [0, 0.1) is 11.1 Å². The summed E-state index contributed by atoms with van der Waals surface area (Å²) in [6.07, 6.45) is 2.89. The van der Waals surface area contributed by atoms with Crippen molar-refractivity contribution in [3.8, 4) is 11.5 Å². The smallest absolute Gasteiger partial charge is 0.428 e. The standard InChI is InChI=1S/C33H36Cl2F2N2O9S/c1-33(2,3)48-32(41)39(49(4,43)44)23-11-7-20(8-12-23)9-14-30(40)46-28(16-24-25(34)17-38(42)18-26(24)35)22-10-13-27(47-31(36)37)29(15-22)45-19-21-5-6-21/h7-8,10-13,15,17-18,21,28,31H,5-6,9,14,16,19H2,1-4H3/t28-/m0/s1. The lowest BCUT2D eigenvalue weighted by molar-refractivity contribution is -0.605. The van der Waals surface area contributed by atoms with Gasteiger partial charge in [0.25, 0.3) is 0 Å². The van der Waals surface area contributed by atoms with E-state index in [1.165, 1.54) is 30.3 Å². The molecule has 0 radical (unpaired) electrons. The van der Waals surface area contributed by atoms with Crippen molar-refractivity contribution in [2.24, 2.45) is 5.92 Å². The zero-order chi connectivity index (χ0) is 36.1. The lowest BCUT2D eigenvalue weighted by atomic mass is 10.0. The Balaban J connectivity index is 1.54. The van der Waals surface area contributed by atoms with Gasteiger partial charge in [0.15, 0.2) is 23.9 Å². The van der Waals surface area contributed by atoms with E-state index in [4.69, 9.17) is 37.4 Å². The zero-order valence-corrected chi connectivity index (χ0v) is 29.5. The molecule has 1 heterocycles. The molecule has 1 fully saturated rings. The lowest BCUT2D eigenvalue weighted by Gasteiger charge is -2.26. The first-order chi connectivity index (χ1) is 22.9. The molecule has 1 aliphatic rings. The molecule has 266 valence electrons. The summed E-state index contributed by atoms with van der Waals surface area (Å²) in [6, 6.07) is 10.2.